The van der Waals surface area contributed by atoms with Crippen LogP contribution in [-0.4, -0.2) is 33.8 Å². The minimum absolute atomic E-state index is 0.0488. The molecule has 4 atom stereocenters. The van der Waals surface area contributed by atoms with Crippen molar-refractivity contribution in [3.05, 3.63) is 23.9 Å². The Morgan fingerprint density at radius 2 is 2.26 bits per heavy atom. The molecule has 0 radical (unpaired) electrons. The van der Waals surface area contributed by atoms with Gasteiger partial charge in [0.2, 0.25) is 5.91 Å². The van der Waals surface area contributed by atoms with Gasteiger partial charge in [-0.25, -0.2) is 9.78 Å². The molecule has 2 aliphatic carbocycles. The molecule has 0 aromatic carbocycles. The van der Waals surface area contributed by atoms with E-state index in [1.54, 1.807) is 12.3 Å². The number of aromatic carboxylic acids is 1. The zero-order valence-electron chi connectivity index (χ0n) is 13.2. The Kier molecular flexibility index (Phi) is 4.90. The van der Waals surface area contributed by atoms with Crippen LogP contribution >= 0.6 is 11.8 Å². The first-order chi connectivity index (χ1) is 11.0. The Morgan fingerprint density at radius 3 is 2.91 bits per heavy atom. The zero-order chi connectivity index (χ0) is 16.4. The summed E-state index contributed by atoms with van der Waals surface area (Å²) in [5, 5.41) is 12.6. The Labute approximate surface area is 140 Å². The summed E-state index contributed by atoms with van der Waals surface area (Å²) in [5.74, 6) is 1.38. The average molecular weight is 334 g/mol. The highest BCUT2D eigenvalue weighted by atomic mass is 32.2. The van der Waals surface area contributed by atoms with E-state index in [9.17, 15) is 9.59 Å². The highest BCUT2D eigenvalue weighted by Crippen LogP contribution is 2.49. The van der Waals surface area contributed by atoms with Crippen LogP contribution in [0.25, 0.3) is 0 Å². The number of thioether (sulfide) groups is 1. The Morgan fingerprint density at radius 1 is 1.43 bits per heavy atom. The van der Waals surface area contributed by atoms with Crippen LogP contribution in [0.4, 0.5) is 0 Å². The second-order valence-electron chi connectivity index (χ2n) is 6.64. The van der Waals surface area contributed by atoms with Gasteiger partial charge in [0.05, 0.1) is 11.3 Å². The van der Waals surface area contributed by atoms with Crippen LogP contribution in [0, 0.1) is 17.8 Å². The number of aromatic nitrogens is 1. The molecular weight excluding hydrogens is 312 g/mol. The van der Waals surface area contributed by atoms with Crippen molar-refractivity contribution >= 4 is 23.6 Å². The fourth-order valence-corrected chi connectivity index (χ4v) is 4.91. The van der Waals surface area contributed by atoms with Crippen LogP contribution in [-0.2, 0) is 4.79 Å². The van der Waals surface area contributed by atoms with Gasteiger partial charge in [-0.3, -0.25) is 4.79 Å². The average Bonchev–Trinajstić information content (AvgIpc) is 3.16. The number of nitrogens with zero attached hydrogens (tertiary/aromatic N) is 1. The molecule has 5 nitrogen and oxygen atoms in total. The second-order valence-corrected chi connectivity index (χ2v) is 7.61. The predicted molar refractivity (Wildman–Crippen MR) is 88.5 cm³/mol. The van der Waals surface area contributed by atoms with E-state index in [-0.39, 0.29) is 23.3 Å². The highest BCUT2D eigenvalue weighted by Gasteiger charge is 2.42. The van der Waals surface area contributed by atoms with E-state index >= 15 is 0 Å². The van der Waals surface area contributed by atoms with E-state index in [1.165, 1.54) is 43.5 Å². The predicted octanol–water partition coefficient (Wildman–Crippen LogP) is 2.81. The molecular formula is C17H22N2O3S. The molecule has 1 aromatic heterocycles. The van der Waals surface area contributed by atoms with Crippen molar-refractivity contribution in [3.63, 3.8) is 0 Å². The van der Waals surface area contributed by atoms with Gasteiger partial charge in [-0.05, 0) is 56.1 Å². The van der Waals surface area contributed by atoms with Gasteiger partial charge in [0.25, 0.3) is 0 Å². The SMILES string of the molecule is C[C@H](NC(=O)CSc1ncccc1C(=O)O)[C@H]1C[C@@H]2CC[C@H]1C2. The first-order valence-electron chi connectivity index (χ1n) is 8.15. The summed E-state index contributed by atoms with van der Waals surface area (Å²) in [6, 6.07) is 3.29. The van der Waals surface area contributed by atoms with E-state index in [4.69, 9.17) is 5.11 Å². The maximum Gasteiger partial charge on any atom is 0.338 e. The molecule has 1 aromatic rings. The smallest absolute Gasteiger partial charge is 0.338 e. The normalized spacial score (nSPS) is 26.9. The van der Waals surface area contributed by atoms with Gasteiger partial charge >= 0.3 is 5.97 Å². The third-order valence-corrected chi connectivity index (χ3v) is 6.17. The van der Waals surface area contributed by atoms with Crippen LogP contribution in [0.3, 0.4) is 0 Å². The maximum absolute atomic E-state index is 12.2. The molecule has 124 valence electrons. The molecule has 2 fully saturated rings. The number of fused-ring (bicyclic) bond motifs is 2. The molecule has 0 aliphatic heterocycles. The monoisotopic (exact) mass is 334 g/mol. The van der Waals surface area contributed by atoms with Crippen molar-refractivity contribution in [3.8, 4) is 0 Å². The molecule has 0 unspecified atom stereocenters. The van der Waals surface area contributed by atoms with E-state index in [1.807, 2.05) is 0 Å². The number of carbonyl (C=O) groups is 2. The topological polar surface area (TPSA) is 79.3 Å². The summed E-state index contributed by atoms with van der Waals surface area (Å²) in [6.45, 7) is 2.09. The van der Waals surface area contributed by atoms with Crippen LogP contribution in [0.5, 0.6) is 0 Å². The molecule has 2 bridgehead atoms. The van der Waals surface area contributed by atoms with E-state index in [2.05, 4.69) is 17.2 Å². The molecule has 1 heterocycles. The zero-order valence-corrected chi connectivity index (χ0v) is 14.0. The van der Waals surface area contributed by atoms with E-state index < -0.39 is 5.97 Å². The van der Waals surface area contributed by atoms with Gasteiger partial charge in [-0.1, -0.05) is 18.2 Å². The van der Waals surface area contributed by atoms with Crippen LogP contribution < -0.4 is 5.32 Å². The van der Waals surface area contributed by atoms with Crippen LogP contribution in [0.15, 0.2) is 23.4 Å². The lowest BCUT2D eigenvalue weighted by Gasteiger charge is -2.28. The number of carboxylic acid groups (broad SMARTS) is 1. The molecule has 1 amide bonds. The third-order valence-electron chi connectivity index (χ3n) is 5.17. The number of nitrogens with one attached hydrogen (secondary N) is 1. The Balaban J connectivity index is 1.51. The molecule has 3 rings (SSSR count). The summed E-state index contributed by atoms with van der Waals surface area (Å²) >= 11 is 1.18. The van der Waals surface area contributed by atoms with Gasteiger partial charge in [0.15, 0.2) is 0 Å². The first kappa shape index (κ1) is 16.3. The largest absolute Gasteiger partial charge is 0.478 e. The molecule has 0 spiro atoms. The van der Waals surface area contributed by atoms with Gasteiger partial charge < -0.3 is 10.4 Å². The van der Waals surface area contributed by atoms with Crippen molar-refractivity contribution in [1.29, 1.82) is 0 Å². The lowest BCUT2D eigenvalue weighted by Crippen LogP contribution is -2.40. The van der Waals surface area contributed by atoms with E-state index in [0.717, 1.165) is 11.8 Å². The van der Waals surface area contributed by atoms with Crippen molar-refractivity contribution in [1.82, 2.24) is 10.3 Å². The lowest BCUT2D eigenvalue weighted by molar-refractivity contribution is -0.119. The quantitative estimate of drug-likeness (QED) is 0.782. The van der Waals surface area contributed by atoms with Gasteiger partial charge in [0, 0.05) is 12.2 Å². The summed E-state index contributed by atoms with van der Waals surface area (Å²) in [6.07, 6.45) is 6.78. The number of hydrogen-bond donors (Lipinski definition) is 2. The number of amides is 1. The Hall–Kier alpha value is -1.56. The second kappa shape index (κ2) is 6.91. The molecule has 2 aliphatic rings. The number of carbonyl (C=O) groups excluding carboxylic acids is 1. The molecule has 6 heteroatoms. The summed E-state index contributed by atoms with van der Waals surface area (Å²) in [7, 11) is 0. The number of pyridine rings is 1. The van der Waals surface area contributed by atoms with Crippen molar-refractivity contribution in [2.24, 2.45) is 17.8 Å². The summed E-state index contributed by atoms with van der Waals surface area (Å²) < 4.78 is 0. The van der Waals surface area contributed by atoms with Gasteiger partial charge in [-0.15, -0.1) is 0 Å². The minimum Gasteiger partial charge on any atom is -0.478 e. The molecule has 23 heavy (non-hydrogen) atoms. The van der Waals surface area contributed by atoms with Crippen LogP contribution in [0.2, 0.25) is 0 Å². The summed E-state index contributed by atoms with van der Waals surface area (Å²) in [4.78, 5) is 27.4. The maximum atomic E-state index is 12.2. The lowest BCUT2D eigenvalue weighted by atomic mass is 9.84. The standard InChI is InChI=1S/C17H22N2O3S/c1-10(14-8-11-4-5-12(14)7-11)19-15(20)9-23-16-13(17(21)22)3-2-6-18-16/h2-3,6,10-12,14H,4-5,7-9H2,1H3,(H,19,20)(H,21,22)/t10-,11+,12-,14+/m0/s1. The van der Waals surface area contributed by atoms with Gasteiger partial charge in [-0.2, -0.15) is 0 Å². The highest BCUT2D eigenvalue weighted by molar-refractivity contribution is 8.00. The Bertz CT molecular complexity index is 607. The summed E-state index contributed by atoms with van der Waals surface area (Å²) in [5.41, 5.74) is 0.145. The van der Waals surface area contributed by atoms with E-state index in [0.29, 0.717) is 10.9 Å². The minimum atomic E-state index is -1.02. The number of carboxylic acids is 1. The van der Waals surface area contributed by atoms with Crippen LogP contribution in [0.1, 0.15) is 43.0 Å². The fourth-order valence-electron chi connectivity index (χ4n) is 4.11. The number of hydrogen-bond acceptors (Lipinski definition) is 4. The van der Waals surface area contributed by atoms with Crippen molar-refractivity contribution < 1.29 is 14.7 Å². The fraction of sp³-hybridized carbons (Fsp3) is 0.588. The third kappa shape index (κ3) is 3.68. The van der Waals surface area contributed by atoms with Gasteiger partial charge in [0.1, 0.15) is 5.03 Å². The molecule has 2 N–H and O–H groups in total. The molecule has 0 saturated heterocycles. The number of rotatable bonds is 6. The van der Waals surface area contributed by atoms with Crippen molar-refractivity contribution in [2.75, 3.05) is 5.75 Å². The molecule has 2 saturated carbocycles. The van der Waals surface area contributed by atoms with Crippen molar-refractivity contribution in [2.45, 2.75) is 43.7 Å². The first-order valence-corrected chi connectivity index (χ1v) is 9.13.